The lowest BCUT2D eigenvalue weighted by atomic mass is 10.2. The smallest absolute Gasteiger partial charge is 0.276 e. The summed E-state index contributed by atoms with van der Waals surface area (Å²) in [5.41, 5.74) is 0.936. The van der Waals surface area contributed by atoms with E-state index in [1.54, 1.807) is 20.2 Å². The lowest BCUT2D eigenvalue weighted by molar-refractivity contribution is 0.0775. The Morgan fingerprint density at radius 1 is 1.30 bits per heavy atom. The van der Waals surface area contributed by atoms with Crippen LogP contribution in [0.1, 0.15) is 16.1 Å². The molecule has 1 amide bonds. The largest absolute Gasteiger partial charge is 0.505 e. The van der Waals surface area contributed by atoms with Gasteiger partial charge < -0.3 is 14.7 Å². The molecule has 5 heteroatoms. The van der Waals surface area contributed by atoms with Crippen LogP contribution < -0.4 is 4.74 Å². The van der Waals surface area contributed by atoms with E-state index in [4.69, 9.17) is 4.74 Å². The fraction of sp³-hybridized carbons (Fsp3) is 0.200. The Labute approximate surface area is 117 Å². The molecule has 104 valence electrons. The number of carbonyl (C=O) groups is 1. The third-order valence-corrected chi connectivity index (χ3v) is 2.94. The summed E-state index contributed by atoms with van der Waals surface area (Å²) in [4.78, 5) is 17.6. The maximum absolute atomic E-state index is 12.2. The summed E-state index contributed by atoms with van der Waals surface area (Å²) >= 11 is 0. The van der Waals surface area contributed by atoms with Gasteiger partial charge in [-0.2, -0.15) is 0 Å². The predicted molar refractivity (Wildman–Crippen MR) is 74.7 cm³/mol. The van der Waals surface area contributed by atoms with E-state index in [1.807, 2.05) is 24.3 Å². The van der Waals surface area contributed by atoms with Crippen LogP contribution in [0.3, 0.4) is 0 Å². The minimum Gasteiger partial charge on any atom is -0.505 e. The zero-order valence-corrected chi connectivity index (χ0v) is 11.4. The van der Waals surface area contributed by atoms with Crippen LogP contribution in [-0.4, -0.2) is 35.1 Å². The molecular weight excluding hydrogens is 256 g/mol. The standard InChI is InChI=1S/C15H16N2O3/c1-17(10-11-6-3-4-8-13(11)20-2)15(19)14-12(18)7-5-9-16-14/h3-9,18H,10H2,1-2H3. The van der Waals surface area contributed by atoms with Crippen LogP contribution in [0.15, 0.2) is 42.6 Å². The van der Waals surface area contributed by atoms with Crippen molar-refractivity contribution in [3.63, 3.8) is 0 Å². The van der Waals surface area contributed by atoms with Crippen LogP contribution in [0.25, 0.3) is 0 Å². The third kappa shape index (κ3) is 2.88. The van der Waals surface area contributed by atoms with Crippen molar-refractivity contribution < 1.29 is 14.6 Å². The van der Waals surface area contributed by atoms with Gasteiger partial charge in [0, 0.05) is 25.4 Å². The summed E-state index contributed by atoms with van der Waals surface area (Å²) in [7, 11) is 3.24. The van der Waals surface area contributed by atoms with Crippen LogP contribution in [0, 0.1) is 0 Å². The number of carbonyl (C=O) groups excluding carboxylic acids is 1. The fourth-order valence-corrected chi connectivity index (χ4v) is 1.90. The van der Waals surface area contributed by atoms with Gasteiger partial charge in [0.25, 0.3) is 5.91 Å². The van der Waals surface area contributed by atoms with Crippen molar-refractivity contribution in [1.82, 2.24) is 9.88 Å². The van der Waals surface area contributed by atoms with Crippen molar-refractivity contribution in [1.29, 1.82) is 0 Å². The summed E-state index contributed by atoms with van der Waals surface area (Å²) in [5.74, 6) is 0.260. The quantitative estimate of drug-likeness (QED) is 0.925. The Hall–Kier alpha value is -2.56. The van der Waals surface area contributed by atoms with Gasteiger partial charge in [-0.05, 0) is 18.2 Å². The van der Waals surface area contributed by atoms with Gasteiger partial charge >= 0.3 is 0 Å². The maximum atomic E-state index is 12.2. The molecule has 5 nitrogen and oxygen atoms in total. The van der Waals surface area contributed by atoms with Crippen LogP contribution in [0.5, 0.6) is 11.5 Å². The highest BCUT2D eigenvalue weighted by Crippen LogP contribution is 2.21. The number of para-hydroxylation sites is 1. The SMILES string of the molecule is COc1ccccc1CN(C)C(=O)c1ncccc1O. The Balaban J connectivity index is 2.18. The van der Waals surface area contributed by atoms with Crippen molar-refractivity contribution in [2.24, 2.45) is 0 Å². The predicted octanol–water partition coefficient (Wildman–Crippen LogP) is 2.07. The second-order valence-electron chi connectivity index (χ2n) is 4.34. The van der Waals surface area contributed by atoms with Gasteiger partial charge in [-0.25, -0.2) is 4.98 Å². The molecule has 2 rings (SSSR count). The van der Waals surface area contributed by atoms with E-state index >= 15 is 0 Å². The Bertz CT molecular complexity index is 614. The van der Waals surface area contributed by atoms with Crippen molar-refractivity contribution in [3.8, 4) is 11.5 Å². The minimum absolute atomic E-state index is 0.0462. The van der Waals surface area contributed by atoms with Crippen molar-refractivity contribution in [3.05, 3.63) is 53.9 Å². The number of amides is 1. The Morgan fingerprint density at radius 2 is 2.05 bits per heavy atom. The van der Waals surface area contributed by atoms with Crippen LogP contribution in [0.4, 0.5) is 0 Å². The molecule has 1 N–H and O–H groups in total. The van der Waals surface area contributed by atoms with Crippen LogP contribution in [0.2, 0.25) is 0 Å². The molecule has 0 aliphatic carbocycles. The Kier molecular flexibility index (Phi) is 4.20. The first kappa shape index (κ1) is 13.9. The number of benzene rings is 1. The van der Waals surface area contributed by atoms with Gasteiger partial charge in [0.2, 0.25) is 0 Å². The number of pyridine rings is 1. The molecule has 0 saturated carbocycles. The zero-order valence-electron chi connectivity index (χ0n) is 11.4. The second-order valence-corrected chi connectivity index (χ2v) is 4.34. The minimum atomic E-state index is -0.339. The second kappa shape index (κ2) is 6.06. The van der Waals surface area contributed by atoms with Crippen molar-refractivity contribution >= 4 is 5.91 Å². The number of rotatable bonds is 4. The average Bonchev–Trinajstić information content (AvgIpc) is 2.47. The van der Waals surface area contributed by atoms with Gasteiger partial charge in [-0.15, -0.1) is 0 Å². The number of aromatic nitrogens is 1. The molecule has 1 heterocycles. The van der Waals surface area contributed by atoms with Crippen molar-refractivity contribution in [2.75, 3.05) is 14.2 Å². The van der Waals surface area contributed by atoms with E-state index in [9.17, 15) is 9.90 Å². The monoisotopic (exact) mass is 272 g/mol. The van der Waals surface area contributed by atoms with E-state index in [1.165, 1.54) is 17.2 Å². The number of aromatic hydroxyl groups is 1. The molecule has 0 aliphatic rings. The molecule has 0 bridgehead atoms. The maximum Gasteiger partial charge on any atom is 0.276 e. The zero-order chi connectivity index (χ0) is 14.5. The third-order valence-electron chi connectivity index (χ3n) is 2.94. The molecule has 1 aromatic carbocycles. The van der Waals surface area contributed by atoms with Gasteiger partial charge in [-0.3, -0.25) is 4.79 Å². The van der Waals surface area contributed by atoms with Gasteiger partial charge in [0.15, 0.2) is 5.69 Å². The van der Waals surface area contributed by atoms with Gasteiger partial charge in [0.05, 0.1) is 7.11 Å². The molecule has 0 radical (unpaired) electrons. The van der Waals surface area contributed by atoms with E-state index in [-0.39, 0.29) is 17.4 Å². The number of nitrogens with zero attached hydrogens (tertiary/aromatic N) is 2. The highest BCUT2D eigenvalue weighted by atomic mass is 16.5. The number of hydrogen-bond donors (Lipinski definition) is 1. The van der Waals surface area contributed by atoms with Crippen LogP contribution in [-0.2, 0) is 6.54 Å². The van der Waals surface area contributed by atoms with Gasteiger partial charge in [-0.1, -0.05) is 18.2 Å². The molecular formula is C15H16N2O3. The number of hydrogen-bond acceptors (Lipinski definition) is 4. The Morgan fingerprint density at radius 3 is 2.75 bits per heavy atom. The molecule has 0 saturated heterocycles. The molecule has 0 spiro atoms. The van der Waals surface area contributed by atoms with E-state index < -0.39 is 0 Å². The average molecular weight is 272 g/mol. The molecule has 20 heavy (non-hydrogen) atoms. The summed E-state index contributed by atoms with van der Waals surface area (Å²) in [6.07, 6.45) is 1.48. The first-order valence-corrected chi connectivity index (χ1v) is 6.15. The van der Waals surface area contributed by atoms with Crippen LogP contribution >= 0.6 is 0 Å². The van der Waals surface area contributed by atoms with Gasteiger partial charge in [0.1, 0.15) is 11.5 Å². The molecule has 0 unspecified atom stereocenters. The molecule has 1 aromatic heterocycles. The lowest BCUT2D eigenvalue weighted by Crippen LogP contribution is -2.27. The fourth-order valence-electron chi connectivity index (χ4n) is 1.90. The van der Waals surface area contributed by atoms with E-state index in [0.29, 0.717) is 6.54 Å². The number of ether oxygens (including phenoxy) is 1. The summed E-state index contributed by atoms with van der Waals surface area (Å²) in [5, 5.41) is 9.66. The highest BCUT2D eigenvalue weighted by Gasteiger charge is 2.18. The molecule has 0 fully saturated rings. The number of methoxy groups -OCH3 is 1. The summed E-state index contributed by atoms with van der Waals surface area (Å²) < 4.78 is 5.25. The normalized spacial score (nSPS) is 10.1. The summed E-state index contributed by atoms with van der Waals surface area (Å²) in [6.45, 7) is 0.374. The highest BCUT2D eigenvalue weighted by molar-refractivity contribution is 5.94. The van der Waals surface area contributed by atoms with E-state index in [0.717, 1.165) is 11.3 Å². The summed E-state index contributed by atoms with van der Waals surface area (Å²) in [6, 6.07) is 10.5. The molecule has 0 atom stereocenters. The first-order valence-electron chi connectivity index (χ1n) is 6.15. The topological polar surface area (TPSA) is 62.7 Å². The molecule has 0 aliphatic heterocycles. The van der Waals surface area contributed by atoms with E-state index in [2.05, 4.69) is 4.98 Å². The van der Waals surface area contributed by atoms with Crippen molar-refractivity contribution in [2.45, 2.75) is 6.54 Å². The lowest BCUT2D eigenvalue weighted by Gasteiger charge is -2.18. The molecule has 2 aromatic rings. The first-order chi connectivity index (χ1) is 9.63.